The number of carbonyl (C=O) groups excluding carboxylic acids is 1. The van der Waals surface area contributed by atoms with Crippen LogP contribution in [0.1, 0.15) is 25.5 Å². The molecule has 0 saturated heterocycles. The average molecular weight is 240 g/mol. The maximum Gasteiger partial charge on any atom is 0.237 e. The second-order valence-electron chi connectivity index (χ2n) is 4.24. The fourth-order valence-corrected chi connectivity index (χ4v) is 2.14. The standard InChI is InChI=1S/C13H18ClNO/c1-10(2)13(15(3)12(16)9-14)11-7-5-4-6-8-11/h4-8,10,13H,9H2,1-3H3. The second-order valence-corrected chi connectivity index (χ2v) is 4.51. The summed E-state index contributed by atoms with van der Waals surface area (Å²) in [4.78, 5) is 13.4. The van der Waals surface area contributed by atoms with Crippen LogP contribution in [0.3, 0.4) is 0 Å². The lowest BCUT2D eigenvalue weighted by molar-refractivity contribution is -0.130. The predicted octanol–water partition coefficient (Wildman–Crippen LogP) is 3.08. The van der Waals surface area contributed by atoms with Gasteiger partial charge in [-0.25, -0.2) is 0 Å². The molecule has 1 rings (SSSR count). The number of benzene rings is 1. The molecule has 1 atom stereocenters. The SMILES string of the molecule is CC(C)C(c1ccccc1)N(C)C(=O)CCl. The molecule has 0 aliphatic carbocycles. The summed E-state index contributed by atoms with van der Waals surface area (Å²) in [5, 5.41) is 0. The Labute approximate surface area is 102 Å². The van der Waals surface area contributed by atoms with E-state index < -0.39 is 0 Å². The summed E-state index contributed by atoms with van der Waals surface area (Å²) in [5.41, 5.74) is 1.15. The zero-order valence-corrected chi connectivity index (χ0v) is 10.7. The first kappa shape index (κ1) is 13.0. The van der Waals surface area contributed by atoms with E-state index >= 15 is 0 Å². The van der Waals surface area contributed by atoms with Crippen LogP contribution in [0.5, 0.6) is 0 Å². The summed E-state index contributed by atoms with van der Waals surface area (Å²) in [6.45, 7) is 4.21. The molecular weight excluding hydrogens is 222 g/mol. The molecule has 16 heavy (non-hydrogen) atoms. The van der Waals surface area contributed by atoms with Gasteiger partial charge < -0.3 is 4.90 Å². The molecule has 0 saturated carbocycles. The third-order valence-corrected chi connectivity index (χ3v) is 2.93. The van der Waals surface area contributed by atoms with Crippen molar-refractivity contribution in [3.8, 4) is 0 Å². The molecule has 1 unspecified atom stereocenters. The van der Waals surface area contributed by atoms with Crippen molar-refractivity contribution in [3.05, 3.63) is 35.9 Å². The Morgan fingerprint density at radius 1 is 1.31 bits per heavy atom. The van der Waals surface area contributed by atoms with E-state index in [1.165, 1.54) is 0 Å². The Hall–Kier alpha value is -1.02. The van der Waals surface area contributed by atoms with Crippen LogP contribution in [0.25, 0.3) is 0 Å². The minimum absolute atomic E-state index is 0.0343. The molecule has 0 fully saturated rings. The van der Waals surface area contributed by atoms with Gasteiger partial charge in [0.1, 0.15) is 5.88 Å². The van der Waals surface area contributed by atoms with Crippen LogP contribution in [-0.2, 0) is 4.79 Å². The lowest BCUT2D eigenvalue weighted by Gasteiger charge is -2.31. The molecule has 1 amide bonds. The number of rotatable bonds is 4. The molecule has 1 aromatic rings. The molecule has 0 aromatic heterocycles. The molecule has 0 aliphatic rings. The average Bonchev–Trinajstić information content (AvgIpc) is 2.29. The molecule has 1 aromatic carbocycles. The number of halogens is 1. The maximum absolute atomic E-state index is 11.6. The summed E-state index contributed by atoms with van der Waals surface area (Å²) >= 11 is 5.59. The van der Waals surface area contributed by atoms with Crippen LogP contribution >= 0.6 is 11.6 Å². The molecule has 0 spiro atoms. The number of amides is 1. The summed E-state index contributed by atoms with van der Waals surface area (Å²) < 4.78 is 0. The van der Waals surface area contributed by atoms with Gasteiger partial charge in [-0.1, -0.05) is 44.2 Å². The fraction of sp³-hybridized carbons (Fsp3) is 0.462. The van der Waals surface area contributed by atoms with Gasteiger partial charge in [-0.2, -0.15) is 0 Å². The first-order chi connectivity index (χ1) is 7.57. The third-order valence-electron chi connectivity index (χ3n) is 2.70. The van der Waals surface area contributed by atoms with Crippen molar-refractivity contribution in [1.29, 1.82) is 0 Å². The van der Waals surface area contributed by atoms with Gasteiger partial charge in [0, 0.05) is 7.05 Å². The van der Waals surface area contributed by atoms with Crippen LogP contribution < -0.4 is 0 Å². The van der Waals surface area contributed by atoms with Gasteiger partial charge >= 0.3 is 0 Å². The lowest BCUT2D eigenvalue weighted by Crippen LogP contribution is -2.34. The van der Waals surface area contributed by atoms with E-state index in [2.05, 4.69) is 13.8 Å². The number of nitrogens with zero attached hydrogens (tertiary/aromatic N) is 1. The summed E-state index contributed by atoms with van der Waals surface area (Å²) in [6.07, 6.45) is 0. The molecule has 2 nitrogen and oxygen atoms in total. The zero-order chi connectivity index (χ0) is 12.1. The van der Waals surface area contributed by atoms with Gasteiger partial charge in [0.05, 0.1) is 6.04 Å². The van der Waals surface area contributed by atoms with Crippen LogP contribution in [0.15, 0.2) is 30.3 Å². The summed E-state index contributed by atoms with van der Waals surface area (Å²) in [5.74, 6) is 0.357. The van der Waals surface area contributed by atoms with Crippen molar-refractivity contribution in [1.82, 2.24) is 4.90 Å². The van der Waals surface area contributed by atoms with Gasteiger partial charge in [0.15, 0.2) is 0 Å². The first-order valence-electron chi connectivity index (χ1n) is 5.44. The Balaban J connectivity index is 2.96. The van der Waals surface area contributed by atoms with Crippen LogP contribution in [0, 0.1) is 5.92 Å². The van der Waals surface area contributed by atoms with Crippen LogP contribution in [-0.4, -0.2) is 23.7 Å². The lowest BCUT2D eigenvalue weighted by atomic mass is 9.95. The van der Waals surface area contributed by atoms with Gasteiger partial charge in [-0.15, -0.1) is 11.6 Å². The maximum atomic E-state index is 11.6. The molecule has 0 radical (unpaired) electrons. The number of alkyl halides is 1. The number of hydrogen-bond acceptors (Lipinski definition) is 1. The molecule has 0 aliphatic heterocycles. The third kappa shape index (κ3) is 2.99. The minimum atomic E-state index is -0.0378. The largest absolute Gasteiger partial charge is 0.337 e. The van der Waals surface area contributed by atoms with E-state index in [9.17, 15) is 4.79 Å². The van der Waals surface area contributed by atoms with Gasteiger partial charge in [-0.3, -0.25) is 4.79 Å². The second kappa shape index (κ2) is 5.90. The van der Waals surface area contributed by atoms with E-state index in [-0.39, 0.29) is 17.8 Å². The monoisotopic (exact) mass is 239 g/mol. The van der Waals surface area contributed by atoms with Crippen molar-refractivity contribution < 1.29 is 4.79 Å². The van der Waals surface area contributed by atoms with E-state index in [1.807, 2.05) is 37.4 Å². The van der Waals surface area contributed by atoms with E-state index in [0.717, 1.165) is 5.56 Å². The van der Waals surface area contributed by atoms with E-state index in [0.29, 0.717) is 5.92 Å². The van der Waals surface area contributed by atoms with Crippen molar-refractivity contribution in [2.45, 2.75) is 19.9 Å². The normalized spacial score (nSPS) is 12.6. The Morgan fingerprint density at radius 3 is 2.31 bits per heavy atom. The minimum Gasteiger partial charge on any atom is -0.337 e. The van der Waals surface area contributed by atoms with Gasteiger partial charge in [-0.05, 0) is 11.5 Å². The number of carbonyl (C=O) groups is 1. The fourth-order valence-electron chi connectivity index (χ4n) is 1.96. The highest BCUT2D eigenvalue weighted by molar-refractivity contribution is 6.27. The molecule has 3 heteroatoms. The van der Waals surface area contributed by atoms with Crippen molar-refractivity contribution in [3.63, 3.8) is 0 Å². The molecular formula is C13H18ClNO. The Kier molecular flexibility index (Phi) is 4.81. The summed E-state index contributed by atoms with van der Waals surface area (Å²) in [6, 6.07) is 10.1. The van der Waals surface area contributed by atoms with Gasteiger partial charge in [0.2, 0.25) is 5.91 Å². The molecule has 88 valence electrons. The highest BCUT2D eigenvalue weighted by Gasteiger charge is 2.23. The molecule has 0 N–H and O–H groups in total. The first-order valence-corrected chi connectivity index (χ1v) is 5.98. The van der Waals surface area contributed by atoms with Crippen LogP contribution in [0.4, 0.5) is 0 Å². The topological polar surface area (TPSA) is 20.3 Å². The summed E-state index contributed by atoms with van der Waals surface area (Å²) in [7, 11) is 1.81. The highest BCUT2D eigenvalue weighted by atomic mass is 35.5. The van der Waals surface area contributed by atoms with E-state index in [1.54, 1.807) is 4.90 Å². The van der Waals surface area contributed by atoms with E-state index in [4.69, 9.17) is 11.6 Å². The van der Waals surface area contributed by atoms with Crippen molar-refractivity contribution >= 4 is 17.5 Å². The Bertz CT molecular complexity index is 337. The smallest absolute Gasteiger partial charge is 0.237 e. The Morgan fingerprint density at radius 2 is 1.88 bits per heavy atom. The predicted molar refractivity (Wildman–Crippen MR) is 67.5 cm³/mol. The van der Waals surface area contributed by atoms with Crippen molar-refractivity contribution in [2.24, 2.45) is 5.92 Å². The highest BCUT2D eigenvalue weighted by Crippen LogP contribution is 2.27. The molecule has 0 bridgehead atoms. The quantitative estimate of drug-likeness (QED) is 0.740. The van der Waals surface area contributed by atoms with Crippen molar-refractivity contribution in [2.75, 3.05) is 12.9 Å². The number of hydrogen-bond donors (Lipinski definition) is 0. The molecule has 0 heterocycles. The van der Waals surface area contributed by atoms with Crippen LogP contribution in [0.2, 0.25) is 0 Å². The van der Waals surface area contributed by atoms with Gasteiger partial charge in [0.25, 0.3) is 0 Å². The zero-order valence-electron chi connectivity index (χ0n) is 9.98.